The Kier molecular flexibility index (Phi) is 6.07. The number of amides is 1. The number of hydrogen-bond acceptors (Lipinski definition) is 5. The lowest BCUT2D eigenvalue weighted by Gasteiger charge is -2.21. The third-order valence-electron chi connectivity index (χ3n) is 3.80. The summed E-state index contributed by atoms with van der Waals surface area (Å²) in [6.07, 6.45) is 1.94. The van der Waals surface area contributed by atoms with E-state index in [9.17, 15) is 19.7 Å². The molecule has 2 N–H and O–H groups in total. The summed E-state index contributed by atoms with van der Waals surface area (Å²) < 4.78 is 1.07. The zero-order chi connectivity index (χ0) is 15.6. The van der Waals surface area contributed by atoms with E-state index >= 15 is 0 Å². The van der Waals surface area contributed by atoms with Crippen molar-refractivity contribution in [3.8, 4) is 0 Å². The van der Waals surface area contributed by atoms with Crippen molar-refractivity contribution in [2.45, 2.75) is 25.9 Å². The second-order valence-electron chi connectivity index (χ2n) is 5.34. The number of pyridine rings is 1. The number of hydrogen-bond donors (Lipinski definition) is 1. The molecule has 2 rings (SSSR count). The lowest BCUT2D eigenvalue weighted by Crippen LogP contribution is -2.38. The molecular weight excluding hydrogens is 312 g/mol. The first kappa shape index (κ1) is 18.1. The van der Waals surface area contributed by atoms with Crippen molar-refractivity contribution in [1.29, 1.82) is 0 Å². The van der Waals surface area contributed by atoms with Crippen molar-refractivity contribution in [3.05, 3.63) is 38.8 Å². The topological polar surface area (TPSA) is 111 Å². The monoisotopic (exact) mass is 330 g/mol. The maximum absolute atomic E-state index is 12.3. The molecule has 8 nitrogen and oxygen atoms in total. The van der Waals surface area contributed by atoms with Gasteiger partial charge < -0.3 is 10.6 Å². The number of halogens is 1. The minimum atomic E-state index is -0.594. The first-order valence-corrected chi connectivity index (χ1v) is 6.76. The predicted octanol–water partition coefficient (Wildman–Crippen LogP) is 0.374. The van der Waals surface area contributed by atoms with Crippen LogP contribution < -0.4 is 11.3 Å². The van der Waals surface area contributed by atoms with E-state index in [-0.39, 0.29) is 42.5 Å². The van der Waals surface area contributed by atoms with Gasteiger partial charge in [0, 0.05) is 24.7 Å². The van der Waals surface area contributed by atoms with Crippen LogP contribution in [0.25, 0.3) is 0 Å². The highest BCUT2D eigenvalue weighted by Gasteiger charge is 2.31. The van der Waals surface area contributed by atoms with Crippen molar-refractivity contribution in [2.75, 3.05) is 13.1 Å². The Morgan fingerprint density at radius 2 is 2.18 bits per heavy atom. The summed E-state index contributed by atoms with van der Waals surface area (Å²) in [6, 6.07) is 2.30. The maximum Gasteiger partial charge on any atom is 0.285 e. The summed E-state index contributed by atoms with van der Waals surface area (Å²) in [5.74, 6) is 0.0480. The van der Waals surface area contributed by atoms with Gasteiger partial charge in [0.1, 0.15) is 6.54 Å². The molecule has 1 amide bonds. The van der Waals surface area contributed by atoms with Gasteiger partial charge in [0.2, 0.25) is 5.91 Å². The number of nitrogens with zero attached hydrogens (tertiary/aromatic N) is 3. The van der Waals surface area contributed by atoms with Crippen LogP contribution in [0.15, 0.2) is 23.1 Å². The first-order chi connectivity index (χ1) is 9.92. The Labute approximate surface area is 133 Å². The van der Waals surface area contributed by atoms with E-state index in [1.54, 1.807) is 4.90 Å². The van der Waals surface area contributed by atoms with Crippen LogP contribution in [0, 0.1) is 16.0 Å². The predicted molar refractivity (Wildman–Crippen MR) is 82.9 cm³/mol. The molecule has 0 aromatic carbocycles. The fraction of sp³-hybridized carbons (Fsp3) is 0.538. The minimum Gasteiger partial charge on any atom is -0.338 e. The molecule has 22 heavy (non-hydrogen) atoms. The zero-order valence-corrected chi connectivity index (χ0v) is 13.0. The maximum atomic E-state index is 12.3. The number of nitro groups is 1. The number of carbonyl (C=O) groups excluding carboxylic acids is 1. The lowest BCUT2D eigenvalue weighted by atomic mass is 10.1. The number of nitrogens with two attached hydrogens (primary N) is 1. The summed E-state index contributed by atoms with van der Waals surface area (Å²) in [5, 5.41) is 10.7. The highest BCUT2D eigenvalue weighted by atomic mass is 35.5. The van der Waals surface area contributed by atoms with Crippen molar-refractivity contribution in [1.82, 2.24) is 9.47 Å². The molecule has 1 fully saturated rings. The highest BCUT2D eigenvalue weighted by Crippen LogP contribution is 2.22. The lowest BCUT2D eigenvalue weighted by molar-refractivity contribution is -0.385. The van der Waals surface area contributed by atoms with Gasteiger partial charge in [-0.2, -0.15) is 0 Å². The van der Waals surface area contributed by atoms with Crippen LogP contribution in [-0.2, 0) is 11.3 Å². The van der Waals surface area contributed by atoms with Crippen LogP contribution in [0.1, 0.15) is 13.3 Å². The fourth-order valence-electron chi connectivity index (χ4n) is 2.65. The first-order valence-electron chi connectivity index (χ1n) is 6.76. The molecular formula is C13H19ClN4O4. The molecule has 1 aliphatic heterocycles. The van der Waals surface area contributed by atoms with Gasteiger partial charge in [0.05, 0.1) is 11.1 Å². The normalized spacial score (nSPS) is 20.5. The van der Waals surface area contributed by atoms with Crippen LogP contribution in [0.5, 0.6) is 0 Å². The van der Waals surface area contributed by atoms with E-state index in [0.717, 1.165) is 29.3 Å². The van der Waals surface area contributed by atoms with Crippen LogP contribution in [0.3, 0.4) is 0 Å². The van der Waals surface area contributed by atoms with Crippen LogP contribution in [-0.4, -0.2) is 39.4 Å². The van der Waals surface area contributed by atoms with Crippen molar-refractivity contribution in [2.24, 2.45) is 11.7 Å². The van der Waals surface area contributed by atoms with Crippen molar-refractivity contribution >= 4 is 24.0 Å². The third-order valence-corrected chi connectivity index (χ3v) is 3.80. The van der Waals surface area contributed by atoms with Crippen LogP contribution >= 0.6 is 12.4 Å². The molecule has 1 aliphatic rings. The molecule has 0 aliphatic carbocycles. The van der Waals surface area contributed by atoms with Gasteiger partial charge in [-0.3, -0.25) is 24.3 Å². The van der Waals surface area contributed by atoms with E-state index < -0.39 is 10.5 Å². The Morgan fingerprint density at radius 3 is 2.73 bits per heavy atom. The van der Waals surface area contributed by atoms with Gasteiger partial charge >= 0.3 is 0 Å². The van der Waals surface area contributed by atoms with Gasteiger partial charge in [-0.1, -0.05) is 0 Å². The zero-order valence-electron chi connectivity index (χ0n) is 12.2. The molecule has 2 heterocycles. The third kappa shape index (κ3) is 3.83. The molecule has 2 unspecified atom stereocenters. The molecule has 0 bridgehead atoms. The summed E-state index contributed by atoms with van der Waals surface area (Å²) in [6.45, 7) is 2.83. The number of carbonyl (C=O) groups is 1. The quantitative estimate of drug-likeness (QED) is 0.633. The standard InChI is InChI=1S/C13H18N4O4.ClH/c1-9-4-10(5-14)6-16(9)13(19)8-15-7-11(17(20)21)2-3-12(15)18;/h2-3,7,9-10H,4-6,8,14H2,1H3;1H. The average molecular weight is 331 g/mol. The Hall–Kier alpha value is -1.93. The second kappa shape index (κ2) is 7.37. The van der Waals surface area contributed by atoms with E-state index in [2.05, 4.69) is 0 Å². The van der Waals surface area contributed by atoms with Crippen LogP contribution in [0.4, 0.5) is 5.69 Å². The Morgan fingerprint density at radius 1 is 1.50 bits per heavy atom. The largest absolute Gasteiger partial charge is 0.338 e. The van der Waals surface area contributed by atoms with Gasteiger partial charge in [0.15, 0.2) is 0 Å². The van der Waals surface area contributed by atoms with E-state index in [1.807, 2.05) is 6.92 Å². The Bertz CT molecular complexity index is 618. The van der Waals surface area contributed by atoms with Crippen LogP contribution in [0.2, 0.25) is 0 Å². The fourth-order valence-corrected chi connectivity index (χ4v) is 2.65. The Balaban J connectivity index is 0.00000242. The molecule has 9 heteroatoms. The van der Waals surface area contributed by atoms with E-state index in [1.165, 1.54) is 0 Å². The van der Waals surface area contributed by atoms with Gasteiger partial charge in [0.25, 0.3) is 11.2 Å². The molecule has 0 saturated carbocycles. The molecule has 122 valence electrons. The highest BCUT2D eigenvalue weighted by molar-refractivity contribution is 5.85. The SMILES string of the molecule is CC1CC(CN)CN1C(=O)Cn1cc([N+](=O)[O-])ccc1=O.Cl. The van der Waals surface area contributed by atoms with Gasteiger partial charge in [-0.25, -0.2) is 0 Å². The summed E-state index contributed by atoms with van der Waals surface area (Å²) >= 11 is 0. The molecule has 1 aromatic heterocycles. The molecule has 2 atom stereocenters. The van der Waals surface area contributed by atoms with Gasteiger partial charge in [-0.15, -0.1) is 12.4 Å². The minimum absolute atomic E-state index is 0. The summed E-state index contributed by atoms with van der Waals surface area (Å²) in [4.78, 5) is 35.8. The number of likely N-dealkylation sites (tertiary alicyclic amines) is 1. The molecule has 0 spiro atoms. The summed E-state index contributed by atoms with van der Waals surface area (Å²) in [5.41, 5.74) is 4.97. The number of rotatable bonds is 4. The number of aromatic nitrogens is 1. The van der Waals surface area contributed by atoms with Gasteiger partial charge in [-0.05, 0) is 25.8 Å². The second-order valence-corrected chi connectivity index (χ2v) is 5.34. The molecule has 1 saturated heterocycles. The van der Waals surface area contributed by atoms with E-state index in [4.69, 9.17) is 5.73 Å². The smallest absolute Gasteiger partial charge is 0.285 e. The molecule has 1 aromatic rings. The van der Waals surface area contributed by atoms with Crippen molar-refractivity contribution < 1.29 is 9.72 Å². The van der Waals surface area contributed by atoms with Crippen molar-refractivity contribution in [3.63, 3.8) is 0 Å². The average Bonchev–Trinajstić information content (AvgIpc) is 2.82. The van der Waals surface area contributed by atoms with E-state index in [0.29, 0.717) is 13.1 Å². The summed E-state index contributed by atoms with van der Waals surface area (Å²) in [7, 11) is 0. The molecule has 0 radical (unpaired) electrons.